The molecule has 3 aromatic rings. The van der Waals surface area contributed by atoms with Gasteiger partial charge < -0.3 is 10.6 Å². The van der Waals surface area contributed by atoms with E-state index in [1.165, 1.54) is 12.1 Å². The Morgan fingerprint density at radius 3 is 2.72 bits per heavy atom. The maximum absolute atomic E-state index is 15.1. The van der Waals surface area contributed by atoms with Crippen molar-refractivity contribution in [1.29, 1.82) is 0 Å². The van der Waals surface area contributed by atoms with Crippen molar-refractivity contribution in [2.75, 3.05) is 17.7 Å². The van der Waals surface area contributed by atoms with Gasteiger partial charge in [-0.15, -0.1) is 11.8 Å². The lowest BCUT2D eigenvalue weighted by Gasteiger charge is -2.15. The van der Waals surface area contributed by atoms with Crippen molar-refractivity contribution in [2.45, 2.75) is 13.0 Å². The van der Waals surface area contributed by atoms with Crippen LogP contribution in [0.5, 0.6) is 0 Å². The van der Waals surface area contributed by atoms with Crippen LogP contribution in [-0.2, 0) is 0 Å². The van der Waals surface area contributed by atoms with Gasteiger partial charge in [-0.25, -0.2) is 13.8 Å². The SMILES string of the molecule is CC(Nc1cncc(-c2cccc(C=C3CNCS3)c2F)n1)c1ccc(F)cc1. The van der Waals surface area contributed by atoms with Crippen molar-refractivity contribution >= 4 is 23.7 Å². The minimum Gasteiger partial charge on any atom is -0.362 e. The van der Waals surface area contributed by atoms with Crippen LogP contribution in [0, 0.1) is 11.6 Å². The van der Waals surface area contributed by atoms with Crippen molar-refractivity contribution in [3.63, 3.8) is 0 Å². The fourth-order valence-electron chi connectivity index (χ4n) is 3.12. The van der Waals surface area contributed by atoms with Crippen molar-refractivity contribution in [2.24, 2.45) is 0 Å². The Balaban J connectivity index is 1.58. The minimum absolute atomic E-state index is 0.104. The Hall–Kier alpha value is -2.77. The summed E-state index contributed by atoms with van der Waals surface area (Å²) in [6.07, 6.45) is 5.01. The Morgan fingerprint density at radius 2 is 1.97 bits per heavy atom. The molecular formula is C22H20F2N4S. The third kappa shape index (κ3) is 4.63. The average molecular weight is 410 g/mol. The zero-order chi connectivity index (χ0) is 20.2. The van der Waals surface area contributed by atoms with E-state index in [-0.39, 0.29) is 17.7 Å². The molecule has 1 saturated heterocycles. The van der Waals surface area contributed by atoms with Gasteiger partial charge in [0.1, 0.15) is 17.5 Å². The van der Waals surface area contributed by atoms with Crippen LogP contribution in [0.15, 0.2) is 59.8 Å². The lowest BCUT2D eigenvalue weighted by molar-refractivity contribution is 0.626. The van der Waals surface area contributed by atoms with Gasteiger partial charge in [0.05, 0.1) is 18.1 Å². The summed E-state index contributed by atoms with van der Waals surface area (Å²) in [5, 5.41) is 6.46. The Bertz CT molecular complexity index is 1030. The van der Waals surface area contributed by atoms with E-state index in [4.69, 9.17) is 0 Å². The number of halogens is 2. The van der Waals surface area contributed by atoms with E-state index in [9.17, 15) is 4.39 Å². The molecule has 0 amide bonds. The number of nitrogens with one attached hydrogen (secondary N) is 2. The van der Waals surface area contributed by atoms with Gasteiger partial charge in [0, 0.05) is 34.5 Å². The molecule has 0 radical (unpaired) electrons. The second-order valence-electron chi connectivity index (χ2n) is 6.74. The fraction of sp³-hybridized carbons (Fsp3) is 0.182. The molecule has 1 atom stereocenters. The molecule has 148 valence electrons. The smallest absolute Gasteiger partial charge is 0.145 e. The van der Waals surface area contributed by atoms with Gasteiger partial charge in [-0.05, 0) is 36.8 Å². The lowest BCUT2D eigenvalue weighted by Crippen LogP contribution is -2.08. The standard InChI is InChI=1S/C22H20F2N4S/c1-14(15-5-7-17(23)8-6-15)27-21-12-25-11-20(28-21)19-4-2-3-16(22(19)24)9-18-10-26-13-29-18/h2-9,11-12,14,26H,10,13H2,1H3,(H,27,28). The number of rotatable bonds is 5. The maximum Gasteiger partial charge on any atom is 0.145 e. The third-order valence-electron chi connectivity index (χ3n) is 4.65. The van der Waals surface area contributed by atoms with Crippen LogP contribution in [0.4, 0.5) is 14.6 Å². The van der Waals surface area contributed by atoms with Crippen LogP contribution in [0.25, 0.3) is 17.3 Å². The van der Waals surface area contributed by atoms with Crippen molar-refractivity contribution in [1.82, 2.24) is 15.3 Å². The molecule has 1 aliphatic rings. The van der Waals surface area contributed by atoms with E-state index in [1.54, 1.807) is 48.4 Å². The van der Waals surface area contributed by atoms with Crippen LogP contribution in [0.3, 0.4) is 0 Å². The first kappa shape index (κ1) is 19.5. The molecule has 2 N–H and O–H groups in total. The van der Waals surface area contributed by atoms with Crippen molar-refractivity contribution in [3.8, 4) is 11.3 Å². The number of hydrogen-bond acceptors (Lipinski definition) is 5. The van der Waals surface area contributed by atoms with Gasteiger partial charge in [-0.3, -0.25) is 4.98 Å². The predicted molar refractivity (Wildman–Crippen MR) is 114 cm³/mol. The highest BCUT2D eigenvalue weighted by Crippen LogP contribution is 2.28. The van der Waals surface area contributed by atoms with Gasteiger partial charge >= 0.3 is 0 Å². The second kappa shape index (κ2) is 8.71. The van der Waals surface area contributed by atoms with Crippen molar-refractivity contribution < 1.29 is 8.78 Å². The molecule has 1 aromatic heterocycles. The molecular weight excluding hydrogens is 390 g/mol. The Morgan fingerprint density at radius 1 is 1.14 bits per heavy atom. The summed E-state index contributed by atoms with van der Waals surface area (Å²) in [5.41, 5.74) is 2.31. The molecule has 2 heterocycles. The molecule has 2 aromatic carbocycles. The van der Waals surface area contributed by atoms with E-state index in [1.807, 2.05) is 19.1 Å². The van der Waals surface area contributed by atoms with Crippen LogP contribution >= 0.6 is 11.8 Å². The zero-order valence-electron chi connectivity index (χ0n) is 15.8. The molecule has 7 heteroatoms. The number of benzene rings is 2. The normalized spacial score (nSPS) is 16.2. The summed E-state index contributed by atoms with van der Waals surface area (Å²) < 4.78 is 28.2. The van der Waals surface area contributed by atoms with E-state index in [2.05, 4.69) is 20.6 Å². The largest absolute Gasteiger partial charge is 0.362 e. The first-order valence-electron chi connectivity index (χ1n) is 9.27. The molecule has 0 bridgehead atoms. The molecule has 0 saturated carbocycles. The topological polar surface area (TPSA) is 49.8 Å². The molecule has 0 aliphatic carbocycles. The van der Waals surface area contributed by atoms with E-state index >= 15 is 4.39 Å². The first-order valence-corrected chi connectivity index (χ1v) is 10.3. The summed E-state index contributed by atoms with van der Waals surface area (Å²) in [6, 6.07) is 11.5. The zero-order valence-corrected chi connectivity index (χ0v) is 16.6. The van der Waals surface area contributed by atoms with Crippen LogP contribution < -0.4 is 10.6 Å². The predicted octanol–water partition coefficient (Wildman–Crippen LogP) is 5.23. The minimum atomic E-state index is -0.314. The first-order chi connectivity index (χ1) is 14.1. The number of nitrogens with zero attached hydrogens (tertiary/aromatic N) is 2. The Labute approximate surface area is 172 Å². The highest BCUT2D eigenvalue weighted by Gasteiger charge is 2.14. The van der Waals surface area contributed by atoms with Gasteiger partial charge in [-0.1, -0.05) is 24.3 Å². The summed E-state index contributed by atoms with van der Waals surface area (Å²) in [5.74, 6) is 0.780. The van der Waals surface area contributed by atoms with Crippen LogP contribution in [0.2, 0.25) is 0 Å². The summed E-state index contributed by atoms with van der Waals surface area (Å²) in [4.78, 5) is 9.86. The summed E-state index contributed by atoms with van der Waals surface area (Å²) >= 11 is 1.68. The van der Waals surface area contributed by atoms with Gasteiger partial charge in [0.25, 0.3) is 0 Å². The van der Waals surface area contributed by atoms with Gasteiger partial charge in [0.2, 0.25) is 0 Å². The van der Waals surface area contributed by atoms with Crippen LogP contribution in [0.1, 0.15) is 24.1 Å². The van der Waals surface area contributed by atoms with Crippen LogP contribution in [-0.4, -0.2) is 22.4 Å². The average Bonchev–Trinajstić information content (AvgIpc) is 3.23. The van der Waals surface area contributed by atoms with E-state index in [0.717, 1.165) is 22.9 Å². The van der Waals surface area contributed by atoms with E-state index < -0.39 is 0 Å². The maximum atomic E-state index is 15.1. The van der Waals surface area contributed by atoms with Gasteiger partial charge in [0.15, 0.2) is 0 Å². The quantitative estimate of drug-likeness (QED) is 0.603. The molecule has 1 unspecified atom stereocenters. The number of aromatic nitrogens is 2. The highest BCUT2D eigenvalue weighted by molar-refractivity contribution is 8.03. The molecule has 1 aliphatic heterocycles. The monoisotopic (exact) mass is 410 g/mol. The molecule has 29 heavy (non-hydrogen) atoms. The summed E-state index contributed by atoms with van der Waals surface area (Å²) in [6.45, 7) is 2.71. The molecule has 0 spiro atoms. The molecule has 4 rings (SSSR count). The molecule has 1 fully saturated rings. The second-order valence-corrected chi connectivity index (χ2v) is 7.84. The number of anilines is 1. The highest BCUT2D eigenvalue weighted by atomic mass is 32.2. The fourth-order valence-corrected chi connectivity index (χ4v) is 3.92. The number of thioether (sulfide) groups is 1. The lowest BCUT2D eigenvalue weighted by atomic mass is 10.1. The third-order valence-corrected chi connectivity index (χ3v) is 5.63. The van der Waals surface area contributed by atoms with Gasteiger partial charge in [-0.2, -0.15) is 0 Å². The summed E-state index contributed by atoms with van der Waals surface area (Å²) in [7, 11) is 0. The van der Waals surface area contributed by atoms with E-state index in [0.29, 0.717) is 22.6 Å². The molecule has 4 nitrogen and oxygen atoms in total. The Kier molecular flexibility index (Phi) is 5.87. The number of hydrogen-bond donors (Lipinski definition) is 2. The van der Waals surface area contributed by atoms with Crippen molar-refractivity contribution in [3.05, 3.63) is 82.5 Å².